The highest BCUT2D eigenvalue weighted by atomic mass is 15.0. The number of hydrogen-bond donors (Lipinski definition) is 0. The first-order chi connectivity index (χ1) is 31.7. The third-order valence-corrected chi connectivity index (χ3v) is 13.5. The molecule has 1 aromatic heterocycles. The van der Waals surface area contributed by atoms with Crippen LogP contribution in [-0.2, 0) is 5.41 Å². The van der Waals surface area contributed by atoms with Gasteiger partial charge in [0.05, 0.1) is 11.0 Å². The van der Waals surface area contributed by atoms with Crippen molar-refractivity contribution in [3.8, 4) is 61.3 Å². The maximum atomic E-state index is 2.45. The first-order valence-electron chi connectivity index (χ1n) is 22.9. The average Bonchev–Trinajstić information content (AvgIpc) is 3.68. The Morgan fingerprint density at radius 1 is 0.369 bits per heavy atom. The summed E-state index contributed by atoms with van der Waals surface area (Å²) in [6.45, 7) is 11.3. The molecule has 0 aliphatic rings. The predicted molar refractivity (Wildman–Crippen MR) is 281 cm³/mol. The molecule has 65 heavy (non-hydrogen) atoms. The Morgan fingerprint density at radius 2 is 0.785 bits per heavy atom. The van der Waals surface area contributed by atoms with Crippen molar-refractivity contribution in [2.24, 2.45) is 0 Å². The van der Waals surface area contributed by atoms with Gasteiger partial charge in [-0.25, -0.2) is 0 Å². The van der Waals surface area contributed by atoms with Crippen LogP contribution in [0.3, 0.4) is 0 Å². The molecule has 0 N–H and O–H groups in total. The molecule has 0 bridgehead atoms. The zero-order chi connectivity index (χ0) is 44.2. The fraction of sp³-hybridized carbons (Fsp3) is 0.0938. The van der Waals surface area contributed by atoms with Crippen molar-refractivity contribution >= 4 is 48.9 Å². The molecule has 0 radical (unpaired) electrons. The Bertz CT molecular complexity index is 3580. The highest BCUT2D eigenvalue weighted by Gasteiger charge is 2.21. The number of rotatable bonds is 7. The fourth-order valence-electron chi connectivity index (χ4n) is 9.89. The molecule has 1 nitrogen and oxygen atoms in total. The van der Waals surface area contributed by atoms with Crippen LogP contribution in [0.1, 0.15) is 45.7 Å². The van der Waals surface area contributed by atoms with Crippen LogP contribution in [0.4, 0.5) is 0 Å². The van der Waals surface area contributed by atoms with Crippen LogP contribution in [0.25, 0.3) is 110 Å². The molecule has 0 fully saturated rings. The molecule has 1 heterocycles. The third kappa shape index (κ3) is 7.14. The van der Waals surface area contributed by atoms with E-state index in [1.165, 1.54) is 116 Å². The molecule has 0 spiro atoms. The zero-order valence-corrected chi connectivity index (χ0v) is 37.7. The second-order valence-electron chi connectivity index (χ2n) is 18.5. The van der Waals surface area contributed by atoms with E-state index in [4.69, 9.17) is 0 Å². The Hall–Kier alpha value is -7.74. The summed E-state index contributed by atoms with van der Waals surface area (Å²) in [5.74, 6) is 0. The molecule has 11 aromatic rings. The molecule has 10 aromatic carbocycles. The van der Waals surface area contributed by atoms with Gasteiger partial charge in [-0.2, -0.15) is 0 Å². The highest BCUT2D eigenvalue weighted by molar-refractivity contribution is 6.22. The van der Waals surface area contributed by atoms with Crippen molar-refractivity contribution in [1.82, 2.24) is 4.57 Å². The molecule has 1 heteroatoms. The minimum atomic E-state index is 0.00886. The van der Waals surface area contributed by atoms with Crippen molar-refractivity contribution < 1.29 is 0 Å². The number of nitrogens with zero attached hydrogens (tertiary/aromatic N) is 1. The van der Waals surface area contributed by atoms with E-state index in [-0.39, 0.29) is 5.41 Å². The standard InChI is InChI=1S/C64H51N/c1-6-42(2)49-30-34-54-58(38-49)62(47-18-12-8-13-19-47)55-35-33-52(64(3,4)5)41-59(55)63(54)48-28-26-45(27-29-48)44-22-24-46(25-23-44)51-32-37-61-57(40-51)56-39-50(43-16-10-7-11-17-43)31-36-60(56)65(61)53-20-14-9-15-21-53/h6-41H,1-5H3/b42-6+. The van der Waals surface area contributed by atoms with E-state index >= 15 is 0 Å². The lowest BCUT2D eigenvalue weighted by Gasteiger charge is -2.23. The third-order valence-electron chi connectivity index (χ3n) is 13.5. The Kier molecular flexibility index (Phi) is 9.93. The second-order valence-corrected chi connectivity index (χ2v) is 18.5. The van der Waals surface area contributed by atoms with Gasteiger partial charge in [-0.05, 0) is 162 Å². The summed E-state index contributed by atoms with van der Waals surface area (Å²) < 4.78 is 2.39. The molecular formula is C64H51N. The highest BCUT2D eigenvalue weighted by Crippen LogP contribution is 2.46. The van der Waals surface area contributed by atoms with Gasteiger partial charge in [0.1, 0.15) is 0 Å². The predicted octanol–water partition coefficient (Wildman–Crippen LogP) is 18.1. The first-order valence-corrected chi connectivity index (χ1v) is 22.9. The SMILES string of the molecule is C/C=C(\C)c1ccc2c(-c3ccc(-c4ccc(-c5ccc6c(c5)c5cc(-c7ccccc7)ccc5n6-c5ccccc5)cc4)cc3)c3cc(C(C)(C)C)ccc3c(-c3ccccc3)c2c1. The first kappa shape index (κ1) is 40.1. The molecule has 0 saturated carbocycles. The maximum absolute atomic E-state index is 2.45. The van der Waals surface area contributed by atoms with Crippen LogP contribution in [0.2, 0.25) is 0 Å². The number of benzene rings is 10. The average molecular weight is 834 g/mol. The van der Waals surface area contributed by atoms with Gasteiger partial charge < -0.3 is 4.57 Å². The molecule has 0 atom stereocenters. The largest absolute Gasteiger partial charge is 0.309 e. The van der Waals surface area contributed by atoms with Crippen molar-refractivity contribution in [1.29, 1.82) is 0 Å². The van der Waals surface area contributed by atoms with Crippen molar-refractivity contribution in [3.63, 3.8) is 0 Å². The summed E-state index contributed by atoms with van der Waals surface area (Å²) in [6.07, 6.45) is 2.21. The lowest BCUT2D eigenvalue weighted by atomic mass is 9.81. The molecule has 0 unspecified atom stereocenters. The quantitative estimate of drug-likeness (QED) is 0.141. The van der Waals surface area contributed by atoms with Gasteiger partial charge >= 0.3 is 0 Å². The summed E-state index contributed by atoms with van der Waals surface area (Å²) >= 11 is 0. The lowest BCUT2D eigenvalue weighted by Crippen LogP contribution is -2.10. The van der Waals surface area contributed by atoms with E-state index in [0.717, 1.165) is 5.69 Å². The number of fused-ring (bicyclic) bond motifs is 5. The zero-order valence-electron chi connectivity index (χ0n) is 37.7. The number of para-hydroxylation sites is 1. The minimum Gasteiger partial charge on any atom is -0.309 e. The van der Waals surface area contributed by atoms with Crippen molar-refractivity contribution in [2.45, 2.75) is 40.0 Å². The van der Waals surface area contributed by atoms with E-state index in [0.29, 0.717) is 0 Å². The van der Waals surface area contributed by atoms with Crippen LogP contribution < -0.4 is 0 Å². The van der Waals surface area contributed by atoms with Gasteiger partial charge in [-0.3, -0.25) is 0 Å². The van der Waals surface area contributed by atoms with Gasteiger partial charge in [-0.1, -0.05) is 191 Å². The van der Waals surface area contributed by atoms with Gasteiger partial charge in [0.15, 0.2) is 0 Å². The summed E-state index contributed by atoms with van der Waals surface area (Å²) in [5.41, 5.74) is 19.7. The topological polar surface area (TPSA) is 4.93 Å². The smallest absolute Gasteiger partial charge is 0.0541 e. The Labute approximate surface area is 382 Å². The van der Waals surface area contributed by atoms with Crippen LogP contribution in [-0.4, -0.2) is 4.57 Å². The van der Waals surface area contributed by atoms with E-state index < -0.39 is 0 Å². The summed E-state index contributed by atoms with van der Waals surface area (Å²) in [4.78, 5) is 0. The van der Waals surface area contributed by atoms with E-state index in [9.17, 15) is 0 Å². The van der Waals surface area contributed by atoms with E-state index in [1.807, 2.05) is 0 Å². The maximum Gasteiger partial charge on any atom is 0.0541 e. The molecule has 0 saturated heterocycles. The van der Waals surface area contributed by atoms with Gasteiger partial charge in [-0.15, -0.1) is 0 Å². The van der Waals surface area contributed by atoms with Crippen LogP contribution in [0, 0.1) is 0 Å². The van der Waals surface area contributed by atoms with Crippen LogP contribution >= 0.6 is 0 Å². The summed E-state index contributed by atoms with van der Waals surface area (Å²) in [5, 5.41) is 7.62. The van der Waals surface area contributed by atoms with Crippen LogP contribution in [0.15, 0.2) is 218 Å². The number of allylic oxidation sites excluding steroid dienone is 2. The van der Waals surface area contributed by atoms with Gasteiger partial charge in [0.25, 0.3) is 0 Å². The second kappa shape index (κ2) is 16.1. The molecule has 11 rings (SSSR count). The number of aromatic nitrogens is 1. The molecule has 0 aliphatic heterocycles. The molecule has 0 aliphatic carbocycles. The summed E-state index contributed by atoms with van der Waals surface area (Å²) in [6, 6.07) is 78.7. The van der Waals surface area contributed by atoms with E-state index in [2.05, 4.69) is 258 Å². The van der Waals surface area contributed by atoms with Crippen LogP contribution in [0.5, 0.6) is 0 Å². The van der Waals surface area contributed by atoms with Crippen molar-refractivity contribution in [2.75, 3.05) is 0 Å². The lowest BCUT2D eigenvalue weighted by molar-refractivity contribution is 0.591. The molecular weight excluding hydrogens is 783 g/mol. The normalized spacial score (nSPS) is 12.2. The Balaban J connectivity index is 0.999. The fourth-order valence-corrected chi connectivity index (χ4v) is 9.89. The van der Waals surface area contributed by atoms with Gasteiger partial charge in [0.2, 0.25) is 0 Å². The molecule has 312 valence electrons. The number of hydrogen-bond acceptors (Lipinski definition) is 0. The monoisotopic (exact) mass is 833 g/mol. The van der Waals surface area contributed by atoms with Crippen molar-refractivity contribution in [3.05, 3.63) is 230 Å². The summed E-state index contributed by atoms with van der Waals surface area (Å²) in [7, 11) is 0. The van der Waals surface area contributed by atoms with E-state index in [1.54, 1.807) is 0 Å². The molecule has 0 amide bonds. The Morgan fingerprint density at radius 3 is 1.31 bits per heavy atom. The van der Waals surface area contributed by atoms with Gasteiger partial charge in [0, 0.05) is 16.5 Å². The minimum absolute atomic E-state index is 0.00886.